The van der Waals surface area contributed by atoms with E-state index in [4.69, 9.17) is 11.6 Å². The van der Waals surface area contributed by atoms with Crippen LogP contribution in [0.2, 0.25) is 5.02 Å². The molecule has 0 aromatic heterocycles. The molecule has 0 heterocycles. The van der Waals surface area contributed by atoms with Crippen molar-refractivity contribution in [3.8, 4) is 0 Å². The third kappa shape index (κ3) is 3.37. The van der Waals surface area contributed by atoms with Gasteiger partial charge in [0.05, 0.1) is 5.02 Å². The van der Waals surface area contributed by atoms with Gasteiger partial charge in [0.1, 0.15) is 11.6 Å². The number of hydrogen-bond donors (Lipinski definition) is 1. The van der Waals surface area contributed by atoms with Crippen LogP contribution in [0, 0.1) is 11.6 Å². The Hall–Kier alpha value is -0.970. The van der Waals surface area contributed by atoms with Gasteiger partial charge in [-0.3, -0.25) is 0 Å². The van der Waals surface area contributed by atoms with E-state index in [0.29, 0.717) is 22.0 Å². The molecule has 5 heteroatoms. The third-order valence-electron chi connectivity index (χ3n) is 3.14. The summed E-state index contributed by atoms with van der Waals surface area (Å²) in [6, 6.07) is 9.28. The smallest absolute Gasteiger partial charge is 0.142 e. The van der Waals surface area contributed by atoms with Crippen molar-refractivity contribution in [2.45, 2.75) is 12.5 Å². The molecule has 0 aliphatic heterocycles. The second kappa shape index (κ2) is 6.66. The van der Waals surface area contributed by atoms with E-state index in [1.54, 1.807) is 31.3 Å². The van der Waals surface area contributed by atoms with Crippen LogP contribution >= 0.6 is 27.5 Å². The predicted octanol–water partition coefficient (Wildman–Crippen LogP) is 4.88. The maximum atomic E-state index is 13.9. The Morgan fingerprint density at radius 1 is 1.20 bits per heavy atom. The van der Waals surface area contributed by atoms with Crippen molar-refractivity contribution in [1.29, 1.82) is 0 Å². The standard InChI is InChI=1S/C15H13BrClF2N/c1-20-14(11-3-2-4-12(18)15(11)17)7-9-5-6-10(16)8-13(9)19/h2-6,8,14,20H,7H2,1H3. The Labute approximate surface area is 130 Å². The maximum Gasteiger partial charge on any atom is 0.142 e. The van der Waals surface area contributed by atoms with Gasteiger partial charge in [0.2, 0.25) is 0 Å². The molecule has 1 unspecified atom stereocenters. The van der Waals surface area contributed by atoms with Crippen LogP contribution in [0.4, 0.5) is 8.78 Å². The van der Waals surface area contributed by atoms with Gasteiger partial charge in [0.15, 0.2) is 0 Å². The van der Waals surface area contributed by atoms with Gasteiger partial charge in [-0.15, -0.1) is 0 Å². The Bertz CT molecular complexity index is 619. The van der Waals surface area contributed by atoms with Crippen LogP contribution in [0.25, 0.3) is 0 Å². The zero-order chi connectivity index (χ0) is 14.7. The van der Waals surface area contributed by atoms with Crippen molar-refractivity contribution in [2.75, 3.05) is 7.05 Å². The average Bonchev–Trinajstić information content (AvgIpc) is 2.42. The molecule has 2 aromatic rings. The fraction of sp³-hybridized carbons (Fsp3) is 0.200. The molecular formula is C15H13BrClF2N. The van der Waals surface area contributed by atoms with Crippen molar-refractivity contribution in [1.82, 2.24) is 5.32 Å². The molecule has 0 bridgehead atoms. The van der Waals surface area contributed by atoms with Gasteiger partial charge in [-0.1, -0.05) is 45.7 Å². The van der Waals surface area contributed by atoms with Crippen LogP contribution < -0.4 is 5.32 Å². The molecule has 0 fully saturated rings. The first-order chi connectivity index (χ1) is 9.52. The zero-order valence-electron chi connectivity index (χ0n) is 10.8. The third-order valence-corrected chi connectivity index (χ3v) is 4.04. The fourth-order valence-electron chi connectivity index (χ4n) is 2.06. The number of benzene rings is 2. The number of halogens is 4. The van der Waals surface area contributed by atoms with Crippen molar-refractivity contribution in [3.63, 3.8) is 0 Å². The highest BCUT2D eigenvalue weighted by atomic mass is 79.9. The second-order valence-electron chi connectivity index (χ2n) is 4.42. The van der Waals surface area contributed by atoms with Gasteiger partial charge in [0.25, 0.3) is 0 Å². The molecule has 1 nitrogen and oxygen atoms in total. The first-order valence-corrected chi connectivity index (χ1v) is 7.25. The lowest BCUT2D eigenvalue weighted by Gasteiger charge is -2.18. The maximum absolute atomic E-state index is 13.9. The van der Waals surface area contributed by atoms with E-state index in [1.165, 1.54) is 12.1 Å². The highest BCUT2D eigenvalue weighted by molar-refractivity contribution is 9.10. The van der Waals surface area contributed by atoms with Crippen molar-refractivity contribution < 1.29 is 8.78 Å². The second-order valence-corrected chi connectivity index (χ2v) is 5.72. The molecule has 1 atom stereocenters. The van der Waals surface area contributed by atoms with Gasteiger partial charge in [-0.2, -0.15) is 0 Å². The van der Waals surface area contributed by atoms with Crippen molar-refractivity contribution in [2.24, 2.45) is 0 Å². The predicted molar refractivity (Wildman–Crippen MR) is 81.0 cm³/mol. The van der Waals surface area contributed by atoms with E-state index in [2.05, 4.69) is 21.2 Å². The van der Waals surface area contributed by atoms with E-state index < -0.39 is 5.82 Å². The lowest BCUT2D eigenvalue weighted by molar-refractivity contribution is 0.549. The lowest BCUT2D eigenvalue weighted by atomic mass is 9.98. The Kier molecular flexibility index (Phi) is 5.13. The number of hydrogen-bond acceptors (Lipinski definition) is 1. The molecule has 106 valence electrons. The van der Waals surface area contributed by atoms with Crippen molar-refractivity contribution in [3.05, 3.63) is 68.7 Å². The van der Waals surface area contributed by atoms with Gasteiger partial charge in [-0.05, 0) is 42.8 Å². The molecule has 0 saturated heterocycles. The molecule has 20 heavy (non-hydrogen) atoms. The van der Waals surface area contributed by atoms with Crippen LogP contribution in [-0.4, -0.2) is 7.05 Å². The molecule has 2 rings (SSSR count). The minimum Gasteiger partial charge on any atom is -0.313 e. The lowest BCUT2D eigenvalue weighted by Crippen LogP contribution is -2.20. The van der Waals surface area contributed by atoms with Gasteiger partial charge in [0, 0.05) is 10.5 Å². The summed E-state index contributed by atoms with van der Waals surface area (Å²) in [5, 5.41) is 3.12. The Balaban J connectivity index is 2.31. The molecule has 0 spiro atoms. The van der Waals surface area contributed by atoms with Gasteiger partial charge >= 0.3 is 0 Å². The summed E-state index contributed by atoms with van der Waals surface area (Å²) in [5.74, 6) is -0.771. The molecule has 0 aliphatic rings. The minimum atomic E-state index is -0.472. The summed E-state index contributed by atoms with van der Waals surface area (Å²) in [6.07, 6.45) is 0.388. The van der Waals surface area contributed by atoms with Gasteiger partial charge < -0.3 is 5.32 Å². The van der Waals surface area contributed by atoms with Gasteiger partial charge in [-0.25, -0.2) is 8.78 Å². The van der Waals surface area contributed by atoms with E-state index >= 15 is 0 Å². The summed E-state index contributed by atoms with van der Waals surface area (Å²) in [7, 11) is 1.74. The Morgan fingerprint density at radius 2 is 1.95 bits per heavy atom. The van der Waals surface area contributed by atoms with E-state index in [1.807, 2.05) is 0 Å². The summed E-state index contributed by atoms with van der Waals surface area (Å²) in [5.41, 5.74) is 1.17. The molecule has 0 saturated carbocycles. The summed E-state index contributed by atoms with van der Waals surface area (Å²) < 4.78 is 28.1. The number of rotatable bonds is 4. The van der Waals surface area contributed by atoms with Crippen LogP contribution in [0.3, 0.4) is 0 Å². The minimum absolute atomic E-state index is 0.0735. The summed E-state index contributed by atoms with van der Waals surface area (Å²) in [4.78, 5) is 0. The van der Waals surface area contributed by atoms with Crippen LogP contribution in [-0.2, 0) is 6.42 Å². The highest BCUT2D eigenvalue weighted by Crippen LogP contribution is 2.28. The molecular weight excluding hydrogens is 348 g/mol. The zero-order valence-corrected chi connectivity index (χ0v) is 13.1. The van der Waals surface area contributed by atoms with Crippen LogP contribution in [0.1, 0.15) is 17.2 Å². The molecule has 2 aromatic carbocycles. The molecule has 1 N–H and O–H groups in total. The van der Waals surface area contributed by atoms with Crippen molar-refractivity contribution >= 4 is 27.5 Å². The SMILES string of the molecule is CNC(Cc1ccc(Br)cc1F)c1cccc(F)c1Cl. The molecule has 0 radical (unpaired) electrons. The topological polar surface area (TPSA) is 12.0 Å². The number of nitrogens with one attached hydrogen (secondary N) is 1. The first-order valence-electron chi connectivity index (χ1n) is 6.08. The quantitative estimate of drug-likeness (QED) is 0.819. The Morgan fingerprint density at radius 3 is 2.60 bits per heavy atom. The van der Waals surface area contributed by atoms with E-state index in [9.17, 15) is 8.78 Å². The number of likely N-dealkylation sites (N-methyl/N-ethyl adjacent to an activating group) is 1. The van der Waals surface area contributed by atoms with Crippen LogP contribution in [0.15, 0.2) is 40.9 Å². The van der Waals surface area contributed by atoms with E-state index in [0.717, 1.165) is 0 Å². The average molecular weight is 361 g/mol. The molecule has 0 amide bonds. The van der Waals surface area contributed by atoms with Crippen LogP contribution in [0.5, 0.6) is 0 Å². The molecule has 0 aliphatic carbocycles. The largest absolute Gasteiger partial charge is 0.313 e. The normalized spacial score (nSPS) is 12.4. The van der Waals surface area contributed by atoms with E-state index in [-0.39, 0.29) is 16.9 Å². The highest BCUT2D eigenvalue weighted by Gasteiger charge is 2.17. The summed E-state index contributed by atoms with van der Waals surface area (Å²) in [6.45, 7) is 0. The monoisotopic (exact) mass is 359 g/mol. The fourth-order valence-corrected chi connectivity index (χ4v) is 2.66. The first kappa shape index (κ1) is 15.4. The summed E-state index contributed by atoms with van der Waals surface area (Å²) >= 11 is 9.20.